The van der Waals surface area contributed by atoms with Gasteiger partial charge in [0.05, 0.1) is 18.4 Å². The van der Waals surface area contributed by atoms with Crippen molar-refractivity contribution in [2.75, 3.05) is 18.6 Å². The Kier molecular flexibility index (Phi) is 3.77. The molecule has 0 atom stereocenters. The van der Waals surface area contributed by atoms with Crippen LogP contribution in [0.4, 0.5) is 5.69 Å². The molecule has 7 nitrogen and oxygen atoms in total. The number of methoxy groups -OCH3 is 1. The van der Waals surface area contributed by atoms with Gasteiger partial charge in [-0.15, -0.1) is 0 Å². The molecule has 4 aromatic rings. The van der Waals surface area contributed by atoms with Gasteiger partial charge in [0.2, 0.25) is 0 Å². The Balaban J connectivity index is 1.61. The predicted molar refractivity (Wildman–Crippen MR) is 108 cm³/mol. The van der Waals surface area contributed by atoms with E-state index < -0.39 is 5.97 Å². The number of ether oxygens (including phenoxy) is 1. The van der Waals surface area contributed by atoms with E-state index in [9.17, 15) is 14.7 Å². The topological polar surface area (TPSA) is 95.5 Å². The first-order chi connectivity index (χ1) is 14.1. The molecule has 0 fully saturated rings. The van der Waals surface area contributed by atoms with Gasteiger partial charge in [-0.2, -0.15) is 0 Å². The summed E-state index contributed by atoms with van der Waals surface area (Å²) < 4.78 is 4.77. The van der Waals surface area contributed by atoms with Crippen molar-refractivity contribution in [3.63, 3.8) is 0 Å². The van der Waals surface area contributed by atoms with Crippen LogP contribution in [0, 0.1) is 0 Å². The number of carbonyl (C=O) groups excluding carboxylic acids is 2. The van der Waals surface area contributed by atoms with Crippen LogP contribution in [0.25, 0.3) is 21.8 Å². The molecule has 5 rings (SSSR count). The Morgan fingerprint density at radius 1 is 1.21 bits per heavy atom. The third-order valence-corrected chi connectivity index (χ3v) is 5.34. The highest BCUT2D eigenvalue weighted by Gasteiger charge is 2.29. The maximum absolute atomic E-state index is 13.2. The molecule has 3 heterocycles. The number of fused-ring (bicyclic) bond motifs is 4. The van der Waals surface area contributed by atoms with Crippen LogP contribution in [0.1, 0.15) is 26.4 Å². The maximum Gasteiger partial charge on any atom is 0.339 e. The van der Waals surface area contributed by atoms with Crippen LogP contribution < -0.4 is 4.90 Å². The molecule has 0 radical (unpaired) electrons. The zero-order chi connectivity index (χ0) is 20.1. The first-order valence-electron chi connectivity index (χ1n) is 9.19. The highest BCUT2D eigenvalue weighted by molar-refractivity contribution is 6.10. The molecule has 0 unspecified atom stereocenters. The lowest BCUT2D eigenvalue weighted by molar-refractivity contribution is 0.0600. The second kappa shape index (κ2) is 6.34. The summed E-state index contributed by atoms with van der Waals surface area (Å²) in [5.74, 6) is -0.706. The largest absolute Gasteiger partial charge is 0.506 e. The van der Waals surface area contributed by atoms with Crippen molar-refractivity contribution in [1.29, 1.82) is 0 Å². The van der Waals surface area contributed by atoms with E-state index in [4.69, 9.17) is 4.74 Å². The summed E-state index contributed by atoms with van der Waals surface area (Å²) in [6, 6.07) is 12.7. The molecule has 1 aliphatic heterocycles. The number of aromatic hydroxyl groups is 1. The van der Waals surface area contributed by atoms with E-state index in [0.717, 1.165) is 16.5 Å². The number of hydrogen-bond donors (Lipinski definition) is 2. The molecule has 1 aliphatic rings. The molecule has 0 saturated heterocycles. The number of para-hydroxylation sites is 1. The summed E-state index contributed by atoms with van der Waals surface area (Å²) in [6.45, 7) is 0.477. The van der Waals surface area contributed by atoms with Crippen molar-refractivity contribution >= 4 is 39.4 Å². The predicted octanol–water partition coefficient (Wildman–Crippen LogP) is 3.41. The molecule has 2 aromatic carbocycles. The van der Waals surface area contributed by atoms with E-state index in [1.54, 1.807) is 17.0 Å². The van der Waals surface area contributed by atoms with E-state index >= 15 is 0 Å². The number of phenolic OH excluding ortho intramolecular Hbond substituents is 1. The van der Waals surface area contributed by atoms with Crippen LogP contribution in [0.2, 0.25) is 0 Å². The fourth-order valence-electron chi connectivity index (χ4n) is 3.94. The van der Waals surface area contributed by atoms with Crippen LogP contribution in [0.3, 0.4) is 0 Å². The number of anilines is 1. The number of benzene rings is 2. The van der Waals surface area contributed by atoms with Crippen LogP contribution in [-0.2, 0) is 11.2 Å². The number of nitrogens with zero attached hydrogens (tertiary/aromatic N) is 2. The fraction of sp³-hybridized carbons (Fsp3) is 0.136. The lowest BCUT2D eigenvalue weighted by atomic mass is 10.0. The van der Waals surface area contributed by atoms with E-state index in [1.807, 2.05) is 30.3 Å². The zero-order valence-corrected chi connectivity index (χ0v) is 15.6. The molecule has 0 saturated carbocycles. The van der Waals surface area contributed by atoms with Crippen molar-refractivity contribution in [1.82, 2.24) is 9.97 Å². The van der Waals surface area contributed by atoms with E-state index in [0.29, 0.717) is 40.8 Å². The quantitative estimate of drug-likeness (QED) is 0.514. The van der Waals surface area contributed by atoms with Crippen molar-refractivity contribution in [3.8, 4) is 5.75 Å². The molecule has 7 heteroatoms. The third-order valence-electron chi connectivity index (χ3n) is 5.34. The number of carbonyl (C=O) groups is 2. The minimum absolute atomic E-state index is 0.0356. The summed E-state index contributed by atoms with van der Waals surface area (Å²) in [5.41, 5.74) is 3.58. The van der Waals surface area contributed by atoms with Crippen molar-refractivity contribution in [2.24, 2.45) is 0 Å². The van der Waals surface area contributed by atoms with Crippen LogP contribution >= 0.6 is 0 Å². The van der Waals surface area contributed by atoms with Gasteiger partial charge < -0.3 is 19.7 Å². The number of hydrogen-bond acceptors (Lipinski definition) is 5. The summed E-state index contributed by atoms with van der Waals surface area (Å²) in [7, 11) is 1.31. The van der Waals surface area contributed by atoms with E-state index in [2.05, 4.69) is 9.97 Å². The molecule has 2 N–H and O–H groups in total. The average Bonchev–Trinajstić information content (AvgIpc) is 3.36. The Morgan fingerprint density at radius 2 is 2.03 bits per heavy atom. The number of phenols is 1. The minimum Gasteiger partial charge on any atom is -0.506 e. The van der Waals surface area contributed by atoms with Gasteiger partial charge in [0, 0.05) is 35.1 Å². The van der Waals surface area contributed by atoms with Crippen LogP contribution in [-0.4, -0.2) is 40.6 Å². The molecule has 2 aromatic heterocycles. The first kappa shape index (κ1) is 17.2. The molecule has 0 aliphatic carbocycles. The molecule has 29 heavy (non-hydrogen) atoms. The SMILES string of the molecule is COC(=O)c1cnc2c(O)cc3c(c2c1)CCN3C(=O)c1cc2ccccc2[nH]1. The van der Waals surface area contributed by atoms with Crippen molar-refractivity contribution in [2.45, 2.75) is 6.42 Å². The van der Waals surface area contributed by atoms with Gasteiger partial charge in [-0.3, -0.25) is 9.78 Å². The average molecular weight is 387 g/mol. The summed E-state index contributed by atoms with van der Waals surface area (Å²) >= 11 is 0. The second-order valence-corrected chi connectivity index (χ2v) is 6.98. The van der Waals surface area contributed by atoms with Gasteiger partial charge >= 0.3 is 5.97 Å². The fourth-order valence-corrected chi connectivity index (χ4v) is 3.94. The summed E-state index contributed by atoms with van der Waals surface area (Å²) in [5, 5.41) is 12.1. The lowest BCUT2D eigenvalue weighted by Crippen LogP contribution is -2.29. The number of rotatable bonds is 2. The van der Waals surface area contributed by atoms with Crippen LogP contribution in [0.15, 0.2) is 48.7 Å². The maximum atomic E-state index is 13.2. The smallest absolute Gasteiger partial charge is 0.339 e. The molecular formula is C22H17N3O4. The van der Waals surface area contributed by atoms with Crippen LogP contribution in [0.5, 0.6) is 5.75 Å². The summed E-state index contributed by atoms with van der Waals surface area (Å²) in [4.78, 5) is 34.1. The van der Waals surface area contributed by atoms with Gasteiger partial charge in [-0.1, -0.05) is 18.2 Å². The number of nitrogens with one attached hydrogen (secondary N) is 1. The van der Waals surface area contributed by atoms with Gasteiger partial charge in [0.25, 0.3) is 5.91 Å². The van der Waals surface area contributed by atoms with Gasteiger partial charge in [-0.05, 0) is 30.2 Å². The number of aromatic nitrogens is 2. The highest BCUT2D eigenvalue weighted by atomic mass is 16.5. The molecule has 0 bridgehead atoms. The minimum atomic E-state index is -0.500. The first-order valence-corrected chi connectivity index (χ1v) is 9.19. The Labute approximate surface area is 165 Å². The normalized spacial score (nSPS) is 13.1. The molecule has 144 valence electrons. The Morgan fingerprint density at radius 3 is 2.83 bits per heavy atom. The second-order valence-electron chi connectivity index (χ2n) is 6.98. The molecule has 0 spiro atoms. The highest BCUT2D eigenvalue weighted by Crippen LogP contribution is 2.39. The number of pyridine rings is 1. The summed E-state index contributed by atoms with van der Waals surface area (Å²) in [6.07, 6.45) is 1.98. The number of amides is 1. The Bertz CT molecular complexity index is 1280. The lowest BCUT2D eigenvalue weighted by Gasteiger charge is -2.17. The monoisotopic (exact) mass is 387 g/mol. The van der Waals surface area contributed by atoms with Gasteiger partial charge in [0.15, 0.2) is 0 Å². The zero-order valence-electron chi connectivity index (χ0n) is 15.6. The molecular weight excluding hydrogens is 370 g/mol. The third kappa shape index (κ3) is 2.62. The number of H-pyrrole nitrogens is 1. The van der Waals surface area contributed by atoms with Crippen molar-refractivity contribution < 1.29 is 19.4 Å². The van der Waals surface area contributed by atoms with E-state index in [1.165, 1.54) is 13.3 Å². The van der Waals surface area contributed by atoms with Gasteiger partial charge in [-0.25, -0.2) is 4.79 Å². The Hall–Kier alpha value is -3.87. The van der Waals surface area contributed by atoms with Gasteiger partial charge in [0.1, 0.15) is 17.0 Å². The number of esters is 1. The number of aromatic amines is 1. The van der Waals surface area contributed by atoms with E-state index in [-0.39, 0.29) is 11.7 Å². The molecule has 1 amide bonds. The standard InChI is InChI=1S/C22H17N3O4/c1-29-22(28)13-8-15-14-6-7-25(18(14)10-19(26)20(15)23-11-13)21(27)17-9-12-4-2-3-5-16(12)24-17/h2-5,8-11,24,26H,6-7H2,1H3. The van der Waals surface area contributed by atoms with Crippen molar-refractivity contribution in [3.05, 3.63) is 65.5 Å².